The van der Waals surface area contributed by atoms with E-state index in [9.17, 15) is 9.59 Å². The molecule has 6 heteroatoms. The number of amides is 2. The number of hydrogen-bond acceptors (Lipinski definition) is 3. The third kappa shape index (κ3) is 3.99. The predicted molar refractivity (Wildman–Crippen MR) is 101 cm³/mol. The molecular formula is C20H21ClN2O3. The molecule has 0 saturated carbocycles. The maximum absolute atomic E-state index is 12.5. The van der Waals surface area contributed by atoms with Crippen LogP contribution < -0.4 is 15.0 Å². The maximum atomic E-state index is 12.5. The van der Waals surface area contributed by atoms with Crippen molar-refractivity contribution in [3.05, 3.63) is 58.6 Å². The number of ether oxygens (including phenoxy) is 1. The first kappa shape index (κ1) is 18.3. The summed E-state index contributed by atoms with van der Waals surface area (Å²) in [6, 6.07) is 13.0. The van der Waals surface area contributed by atoms with Gasteiger partial charge in [0.25, 0.3) is 0 Å². The Balaban J connectivity index is 1.67. The first-order valence-electron chi connectivity index (χ1n) is 8.45. The van der Waals surface area contributed by atoms with Gasteiger partial charge in [0, 0.05) is 24.5 Å². The van der Waals surface area contributed by atoms with Crippen molar-refractivity contribution in [1.29, 1.82) is 0 Å². The third-order valence-electron chi connectivity index (χ3n) is 4.48. The van der Waals surface area contributed by atoms with Gasteiger partial charge >= 0.3 is 0 Å². The van der Waals surface area contributed by atoms with Crippen molar-refractivity contribution in [3.63, 3.8) is 0 Å². The van der Waals surface area contributed by atoms with Crippen molar-refractivity contribution in [2.45, 2.75) is 19.9 Å². The molecule has 1 saturated heterocycles. The molecule has 1 atom stereocenters. The minimum Gasteiger partial charge on any atom is -0.495 e. The van der Waals surface area contributed by atoms with Gasteiger partial charge in [0.05, 0.1) is 18.7 Å². The fourth-order valence-corrected chi connectivity index (χ4v) is 3.32. The summed E-state index contributed by atoms with van der Waals surface area (Å²) in [5, 5.41) is 3.52. The van der Waals surface area contributed by atoms with Crippen LogP contribution >= 0.6 is 11.6 Å². The molecule has 1 aliphatic heterocycles. The van der Waals surface area contributed by atoms with Gasteiger partial charge in [-0.3, -0.25) is 9.59 Å². The number of aryl methyl sites for hydroxylation is 1. The molecule has 3 rings (SSSR count). The van der Waals surface area contributed by atoms with Crippen molar-refractivity contribution in [2.24, 2.45) is 5.92 Å². The highest BCUT2D eigenvalue weighted by Gasteiger charge is 2.36. The van der Waals surface area contributed by atoms with E-state index in [4.69, 9.17) is 16.3 Å². The van der Waals surface area contributed by atoms with E-state index in [0.717, 1.165) is 11.1 Å². The molecule has 0 radical (unpaired) electrons. The molecule has 2 aromatic rings. The Morgan fingerprint density at radius 2 is 2.12 bits per heavy atom. The minimum absolute atomic E-state index is 0.0724. The normalized spacial score (nSPS) is 16.7. The Labute approximate surface area is 157 Å². The predicted octanol–water partition coefficient (Wildman–Crippen LogP) is 3.33. The van der Waals surface area contributed by atoms with E-state index in [1.807, 2.05) is 43.3 Å². The zero-order chi connectivity index (χ0) is 18.7. The summed E-state index contributed by atoms with van der Waals surface area (Å²) in [6.07, 6.45) is 0.193. The van der Waals surface area contributed by atoms with Crippen LogP contribution in [0.4, 0.5) is 5.69 Å². The minimum atomic E-state index is -0.382. The van der Waals surface area contributed by atoms with Gasteiger partial charge < -0.3 is 15.0 Å². The quantitative estimate of drug-likeness (QED) is 0.875. The second-order valence-electron chi connectivity index (χ2n) is 6.43. The Hall–Kier alpha value is -2.53. The van der Waals surface area contributed by atoms with E-state index < -0.39 is 0 Å². The molecule has 2 amide bonds. The van der Waals surface area contributed by atoms with E-state index in [1.54, 1.807) is 18.1 Å². The van der Waals surface area contributed by atoms with Gasteiger partial charge in [-0.25, -0.2) is 0 Å². The summed E-state index contributed by atoms with van der Waals surface area (Å²) in [4.78, 5) is 26.6. The largest absolute Gasteiger partial charge is 0.495 e. The zero-order valence-electron chi connectivity index (χ0n) is 14.8. The summed E-state index contributed by atoms with van der Waals surface area (Å²) < 4.78 is 5.37. The molecule has 0 bridgehead atoms. The molecule has 0 spiro atoms. The number of benzene rings is 2. The van der Waals surface area contributed by atoms with Crippen LogP contribution in [0.5, 0.6) is 5.75 Å². The Morgan fingerprint density at radius 1 is 1.31 bits per heavy atom. The van der Waals surface area contributed by atoms with Crippen molar-refractivity contribution >= 4 is 29.1 Å². The van der Waals surface area contributed by atoms with Crippen molar-refractivity contribution in [1.82, 2.24) is 5.32 Å². The Kier molecular flexibility index (Phi) is 5.47. The van der Waals surface area contributed by atoms with Crippen molar-refractivity contribution < 1.29 is 14.3 Å². The highest BCUT2D eigenvalue weighted by atomic mass is 35.5. The maximum Gasteiger partial charge on any atom is 0.227 e. The molecule has 2 aromatic carbocycles. The van der Waals surface area contributed by atoms with Gasteiger partial charge in [0.1, 0.15) is 5.75 Å². The SMILES string of the molecule is COc1ccc(C)cc1N1CC(C(=O)NCc2cccc(Cl)c2)CC1=O. The van der Waals surface area contributed by atoms with E-state index in [0.29, 0.717) is 29.5 Å². The number of nitrogens with one attached hydrogen (secondary N) is 1. The van der Waals surface area contributed by atoms with Gasteiger partial charge in [-0.05, 0) is 42.3 Å². The van der Waals surface area contributed by atoms with Crippen LogP contribution in [0.2, 0.25) is 5.02 Å². The monoisotopic (exact) mass is 372 g/mol. The molecule has 1 fully saturated rings. The molecular weight excluding hydrogens is 352 g/mol. The second-order valence-corrected chi connectivity index (χ2v) is 6.86. The van der Waals surface area contributed by atoms with E-state index in [1.165, 1.54) is 0 Å². The molecule has 136 valence electrons. The standard InChI is InChI=1S/C20H21ClN2O3/c1-13-6-7-18(26-2)17(8-13)23-12-15(10-19(23)24)20(25)22-11-14-4-3-5-16(21)9-14/h3-9,15H,10-12H2,1-2H3,(H,22,25). The van der Waals surface area contributed by atoms with Crippen LogP contribution in [0.25, 0.3) is 0 Å². The van der Waals surface area contributed by atoms with Crippen LogP contribution in [0.3, 0.4) is 0 Å². The smallest absolute Gasteiger partial charge is 0.227 e. The Morgan fingerprint density at radius 3 is 2.85 bits per heavy atom. The number of methoxy groups -OCH3 is 1. The number of nitrogens with zero attached hydrogens (tertiary/aromatic N) is 1. The number of carbonyl (C=O) groups excluding carboxylic acids is 2. The summed E-state index contributed by atoms with van der Waals surface area (Å²) in [6.45, 7) is 2.69. The highest BCUT2D eigenvalue weighted by Crippen LogP contribution is 2.33. The summed E-state index contributed by atoms with van der Waals surface area (Å²) in [5.74, 6) is 0.0417. The number of anilines is 1. The lowest BCUT2D eigenvalue weighted by Crippen LogP contribution is -2.32. The van der Waals surface area contributed by atoms with E-state index in [-0.39, 0.29) is 24.2 Å². The van der Waals surface area contributed by atoms with Crippen LogP contribution in [0.15, 0.2) is 42.5 Å². The molecule has 1 N–H and O–H groups in total. The van der Waals surface area contributed by atoms with Crippen molar-refractivity contribution in [3.8, 4) is 5.75 Å². The topological polar surface area (TPSA) is 58.6 Å². The molecule has 0 aliphatic carbocycles. The summed E-state index contributed by atoms with van der Waals surface area (Å²) in [7, 11) is 1.57. The summed E-state index contributed by atoms with van der Waals surface area (Å²) >= 11 is 5.96. The number of hydrogen-bond donors (Lipinski definition) is 1. The van der Waals surface area contributed by atoms with E-state index in [2.05, 4.69) is 5.32 Å². The number of carbonyl (C=O) groups is 2. The third-order valence-corrected chi connectivity index (χ3v) is 4.71. The van der Waals surface area contributed by atoms with Gasteiger partial charge in [0.15, 0.2) is 0 Å². The molecule has 0 aromatic heterocycles. The molecule has 5 nitrogen and oxygen atoms in total. The molecule has 1 unspecified atom stereocenters. The molecule has 1 aliphatic rings. The van der Waals surface area contributed by atoms with Crippen LogP contribution in [0, 0.1) is 12.8 Å². The number of halogens is 1. The fourth-order valence-electron chi connectivity index (χ4n) is 3.11. The van der Waals surface area contributed by atoms with Gasteiger partial charge in [-0.15, -0.1) is 0 Å². The average Bonchev–Trinajstić information content (AvgIpc) is 3.01. The van der Waals surface area contributed by atoms with Crippen molar-refractivity contribution in [2.75, 3.05) is 18.6 Å². The lowest BCUT2D eigenvalue weighted by atomic mass is 10.1. The summed E-state index contributed by atoms with van der Waals surface area (Å²) in [5.41, 5.74) is 2.66. The van der Waals surface area contributed by atoms with E-state index >= 15 is 0 Å². The average molecular weight is 373 g/mol. The Bertz CT molecular complexity index is 838. The van der Waals surface area contributed by atoms with Gasteiger partial charge in [-0.2, -0.15) is 0 Å². The van der Waals surface area contributed by atoms with Gasteiger partial charge in [0.2, 0.25) is 11.8 Å². The van der Waals surface area contributed by atoms with Crippen LogP contribution in [-0.4, -0.2) is 25.5 Å². The fraction of sp³-hybridized carbons (Fsp3) is 0.300. The lowest BCUT2D eigenvalue weighted by molar-refractivity contribution is -0.126. The molecule has 1 heterocycles. The molecule has 26 heavy (non-hydrogen) atoms. The van der Waals surface area contributed by atoms with Crippen LogP contribution in [-0.2, 0) is 16.1 Å². The lowest BCUT2D eigenvalue weighted by Gasteiger charge is -2.20. The van der Waals surface area contributed by atoms with Gasteiger partial charge in [-0.1, -0.05) is 29.8 Å². The first-order valence-corrected chi connectivity index (χ1v) is 8.83. The highest BCUT2D eigenvalue weighted by molar-refractivity contribution is 6.30. The zero-order valence-corrected chi connectivity index (χ0v) is 15.5. The number of rotatable bonds is 5. The van der Waals surface area contributed by atoms with Crippen LogP contribution in [0.1, 0.15) is 17.5 Å². The first-order chi connectivity index (χ1) is 12.5. The second kappa shape index (κ2) is 7.79.